The van der Waals surface area contributed by atoms with Gasteiger partial charge in [-0.05, 0) is 42.8 Å². The number of carbonyl (C=O) groups is 1. The zero-order chi connectivity index (χ0) is 22.8. The standard InChI is InChI=1S/C25H22N6O2/c1-16-21(24(32)28-19-10-12-20(33-2)13-11-19)22(18-9-6-14-26-15-18)31-25(27-16)29-23(30-31)17-7-4-3-5-8-17/h3-15,22H,1-2H3,(H,28,32)(H,27,29,30)/t22-/m1/s1. The largest absolute Gasteiger partial charge is 0.497 e. The molecule has 1 aliphatic rings. The molecule has 33 heavy (non-hydrogen) atoms. The van der Waals surface area contributed by atoms with Crippen LogP contribution in [0.5, 0.6) is 5.75 Å². The zero-order valence-electron chi connectivity index (χ0n) is 18.2. The van der Waals surface area contributed by atoms with Crippen LogP contribution >= 0.6 is 0 Å². The summed E-state index contributed by atoms with van der Waals surface area (Å²) in [6.07, 6.45) is 3.45. The van der Waals surface area contributed by atoms with Crippen molar-refractivity contribution in [3.63, 3.8) is 0 Å². The zero-order valence-corrected chi connectivity index (χ0v) is 18.2. The fourth-order valence-corrected chi connectivity index (χ4v) is 3.87. The molecule has 2 aromatic carbocycles. The van der Waals surface area contributed by atoms with Crippen LogP contribution in [0.2, 0.25) is 0 Å². The first-order chi connectivity index (χ1) is 16.1. The van der Waals surface area contributed by atoms with Gasteiger partial charge in [-0.15, -0.1) is 5.10 Å². The third-order valence-corrected chi connectivity index (χ3v) is 5.48. The summed E-state index contributed by atoms with van der Waals surface area (Å²) < 4.78 is 6.95. The molecule has 2 aromatic heterocycles. The second kappa shape index (κ2) is 8.58. The first-order valence-corrected chi connectivity index (χ1v) is 10.5. The molecule has 0 saturated heterocycles. The van der Waals surface area contributed by atoms with Crippen LogP contribution in [-0.2, 0) is 4.79 Å². The van der Waals surface area contributed by atoms with E-state index < -0.39 is 6.04 Å². The summed E-state index contributed by atoms with van der Waals surface area (Å²) in [5, 5.41) is 11.0. The third-order valence-electron chi connectivity index (χ3n) is 5.48. The average molecular weight is 438 g/mol. The molecule has 1 amide bonds. The van der Waals surface area contributed by atoms with E-state index in [1.54, 1.807) is 48.5 Å². The number of fused-ring (bicyclic) bond motifs is 1. The summed E-state index contributed by atoms with van der Waals surface area (Å²) in [5.41, 5.74) is 3.64. The monoisotopic (exact) mass is 438 g/mol. The summed E-state index contributed by atoms with van der Waals surface area (Å²) in [6.45, 7) is 1.87. The number of nitrogens with zero attached hydrogens (tertiary/aromatic N) is 4. The van der Waals surface area contributed by atoms with E-state index in [-0.39, 0.29) is 5.91 Å². The molecule has 0 radical (unpaired) electrons. The Morgan fingerprint density at radius 3 is 2.55 bits per heavy atom. The minimum absolute atomic E-state index is 0.235. The summed E-state index contributed by atoms with van der Waals surface area (Å²) in [7, 11) is 1.60. The number of allylic oxidation sites excluding steroid dienone is 1. The highest BCUT2D eigenvalue weighted by Gasteiger charge is 2.34. The Labute approximate surface area is 191 Å². The summed E-state index contributed by atoms with van der Waals surface area (Å²) in [4.78, 5) is 22.4. The van der Waals surface area contributed by atoms with Crippen molar-refractivity contribution in [1.82, 2.24) is 19.7 Å². The number of methoxy groups -OCH3 is 1. The molecule has 0 saturated carbocycles. The van der Waals surface area contributed by atoms with Crippen molar-refractivity contribution in [1.29, 1.82) is 0 Å². The number of amides is 1. The van der Waals surface area contributed by atoms with Crippen LogP contribution in [0.4, 0.5) is 11.6 Å². The quantitative estimate of drug-likeness (QED) is 0.483. The second-order valence-corrected chi connectivity index (χ2v) is 7.60. The van der Waals surface area contributed by atoms with Gasteiger partial charge < -0.3 is 15.4 Å². The van der Waals surface area contributed by atoms with Crippen molar-refractivity contribution in [2.75, 3.05) is 17.7 Å². The lowest BCUT2D eigenvalue weighted by Crippen LogP contribution is -2.31. The van der Waals surface area contributed by atoms with Crippen LogP contribution in [0.3, 0.4) is 0 Å². The Bertz CT molecular complexity index is 1310. The lowest BCUT2D eigenvalue weighted by atomic mass is 9.96. The van der Waals surface area contributed by atoms with Crippen LogP contribution < -0.4 is 15.4 Å². The maximum absolute atomic E-state index is 13.5. The predicted molar refractivity (Wildman–Crippen MR) is 126 cm³/mol. The fourth-order valence-electron chi connectivity index (χ4n) is 3.87. The molecule has 8 nitrogen and oxygen atoms in total. The van der Waals surface area contributed by atoms with Gasteiger partial charge in [-0.25, -0.2) is 4.68 Å². The molecule has 0 aliphatic carbocycles. The van der Waals surface area contributed by atoms with E-state index in [9.17, 15) is 4.79 Å². The van der Waals surface area contributed by atoms with Crippen molar-refractivity contribution >= 4 is 17.5 Å². The van der Waals surface area contributed by atoms with E-state index in [2.05, 4.69) is 20.6 Å². The van der Waals surface area contributed by atoms with Gasteiger partial charge in [0.25, 0.3) is 5.91 Å². The van der Waals surface area contributed by atoms with Gasteiger partial charge in [-0.3, -0.25) is 9.78 Å². The number of anilines is 2. The highest BCUT2D eigenvalue weighted by molar-refractivity contribution is 6.06. The molecule has 0 fully saturated rings. The molecule has 3 heterocycles. The van der Waals surface area contributed by atoms with E-state index in [1.165, 1.54) is 0 Å². The lowest BCUT2D eigenvalue weighted by molar-refractivity contribution is -0.113. The average Bonchev–Trinajstić information content (AvgIpc) is 3.28. The topological polar surface area (TPSA) is 94.0 Å². The molecule has 1 atom stereocenters. The molecule has 164 valence electrons. The second-order valence-electron chi connectivity index (χ2n) is 7.60. The maximum Gasteiger partial charge on any atom is 0.255 e. The molecule has 5 rings (SSSR count). The molecular formula is C25H22N6O2. The summed E-state index contributed by atoms with van der Waals surface area (Å²) >= 11 is 0. The molecular weight excluding hydrogens is 416 g/mol. The van der Waals surface area contributed by atoms with Gasteiger partial charge in [0.15, 0.2) is 5.82 Å². The van der Waals surface area contributed by atoms with Gasteiger partial charge in [0.2, 0.25) is 5.95 Å². The first kappa shape index (κ1) is 20.4. The number of carbonyl (C=O) groups excluding carboxylic acids is 1. The number of ether oxygens (including phenoxy) is 1. The summed E-state index contributed by atoms with van der Waals surface area (Å²) in [6, 6.07) is 20.2. The van der Waals surface area contributed by atoms with Crippen molar-refractivity contribution in [2.24, 2.45) is 0 Å². The highest BCUT2D eigenvalue weighted by Crippen LogP contribution is 2.36. The summed E-state index contributed by atoms with van der Waals surface area (Å²) in [5.74, 6) is 1.64. The van der Waals surface area contributed by atoms with Gasteiger partial charge in [0.1, 0.15) is 11.8 Å². The SMILES string of the molecule is COc1ccc(NC(=O)C2=C(C)Nc3nc(-c4ccccc4)nn3[C@@H]2c2cccnc2)cc1. The number of rotatable bonds is 5. The molecule has 0 unspecified atom stereocenters. The van der Waals surface area contributed by atoms with Gasteiger partial charge in [-0.2, -0.15) is 4.98 Å². The third kappa shape index (κ3) is 3.94. The van der Waals surface area contributed by atoms with Gasteiger partial charge in [0, 0.05) is 29.3 Å². The number of nitrogens with one attached hydrogen (secondary N) is 2. The minimum Gasteiger partial charge on any atom is -0.497 e. The molecule has 1 aliphatic heterocycles. The van der Waals surface area contributed by atoms with Gasteiger partial charge in [-0.1, -0.05) is 36.4 Å². The number of hydrogen-bond donors (Lipinski definition) is 2. The Hall–Kier alpha value is -4.46. The Kier molecular flexibility index (Phi) is 5.32. The van der Waals surface area contributed by atoms with E-state index in [0.29, 0.717) is 28.7 Å². The van der Waals surface area contributed by atoms with E-state index in [4.69, 9.17) is 9.84 Å². The number of benzene rings is 2. The normalized spacial score (nSPS) is 14.9. The number of hydrogen-bond acceptors (Lipinski definition) is 6. The van der Waals surface area contributed by atoms with Gasteiger partial charge in [0.05, 0.1) is 12.7 Å². The van der Waals surface area contributed by atoms with Gasteiger partial charge >= 0.3 is 0 Å². The molecule has 0 bridgehead atoms. The Balaban J connectivity index is 1.55. The number of aromatic nitrogens is 4. The smallest absolute Gasteiger partial charge is 0.255 e. The van der Waals surface area contributed by atoms with Crippen LogP contribution in [0.1, 0.15) is 18.5 Å². The Morgan fingerprint density at radius 1 is 1.06 bits per heavy atom. The molecule has 2 N–H and O–H groups in total. The lowest BCUT2D eigenvalue weighted by Gasteiger charge is -2.28. The van der Waals surface area contributed by atoms with Crippen molar-refractivity contribution in [3.8, 4) is 17.1 Å². The maximum atomic E-state index is 13.5. The minimum atomic E-state index is -0.488. The van der Waals surface area contributed by atoms with E-state index in [1.807, 2.05) is 49.4 Å². The Morgan fingerprint density at radius 2 is 1.85 bits per heavy atom. The van der Waals surface area contributed by atoms with E-state index >= 15 is 0 Å². The fraction of sp³-hybridized carbons (Fsp3) is 0.120. The number of pyridine rings is 1. The van der Waals surface area contributed by atoms with Crippen LogP contribution in [0.25, 0.3) is 11.4 Å². The predicted octanol–water partition coefficient (Wildman–Crippen LogP) is 4.28. The van der Waals surface area contributed by atoms with E-state index in [0.717, 1.165) is 16.9 Å². The van der Waals surface area contributed by atoms with Crippen LogP contribution in [0, 0.1) is 0 Å². The van der Waals surface area contributed by atoms with Crippen LogP contribution in [0.15, 0.2) is 90.4 Å². The molecule has 0 spiro atoms. The van der Waals surface area contributed by atoms with Crippen molar-refractivity contribution < 1.29 is 9.53 Å². The molecule has 4 aromatic rings. The van der Waals surface area contributed by atoms with Crippen molar-refractivity contribution in [2.45, 2.75) is 13.0 Å². The molecule has 8 heteroatoms. The first-order valence-electron chi connectivity index (χ1n) is 10.5. The van der Waals surface area contributed by atoms with Crippen LogP contribution in [-0.4, -0.2) is 32.8 Å². The highest BCUT2D eigenvalue weighted by atomic mass is 16.5. The van der Waals surface area contributed by atoms with Crippen molar-refractivity contribution in [3.05, 3.63) is 96.0 Å².